The number of aromatic amines is 1. The van der Waals surface area contributed by atoms with Gasteiger partial charge in [0.1, 0.15) is 17.3 Å². The lowest BCUT2D eigenvalue weighted by molar-refractivity contribution is 0.487. The molecule has 4 nitrogen and oxygen atoms in total. The maximum atomic E-state index is 5.73. The van der Waals surface area contributed by atoms with Gasteiger partial charge in [-0.05, 0) is 43.5 Å². The molecule has 20 heavy (non-hydrogen) atoms. The van der Waals surface area contributed by atoms with E-state index < -0.39 is 0 Å². The highest BCUT2D eigenvalue weighted by molar-refractivity contribution is 7.97. The summed E-state index contributed by atoms with van der Waals surface area (Å²) < 4.78 is 5.73. The van der Waals surface area contributed by atoms with Crippen molar-refractivity contribution in [2.45, 2.75) is 19.2 Å². The van der Waals surface area contributed by atoms with Crippen molar-refractivity contribution in [1.29, 1.82) is 0 Å². The molecule has 1 aromatic carbocycles. The lowest BCUT2D eigenvalue weighted by Gasteiger charge is -2.04. The number of furan rings is 1. The number of nitrogens with zero attached hydrogens (tertiary/aromatic N) is 1. The minimum Gasteiger partial charge on any atom is -0.463 e. The quantitative estimate of drug-likeness (QED) is 0.746. The van der Waals surface area contributed by atoms with Crippen LogP contribution < -0.4 is 5.32 Å². The Kier molecular flexibility index (Phi) is 3.69. The molecule has 3 aromatic rings. The molecule has 0 aliphatic carbocycles. The Morgan fingerprint density at radius 2 is 2.10 bits per heavy atom. The van der Waals surface area contributed by atoms with Crippen LogP contribution in [0.4, 0.5) is 5.69 Å². The molecule has 104 valence electrons. The monoisotopic (exact) mass is 287 g/mol. The first kappa shape index (κ1) is 13.1. The van der Waals surface area contributed by atoms with Crippen molar-refractivity contribution >= 4 is 28.5 Å². The highest BCUT2D eigenvalue weighted by Crippen LogP contribution is 2.19. The Labute approximate surface area is 122 Å². The zero-order valence-electron chi connectivity index (χ0n) is 11.6. The summed E-state index contributed by atoms with van der Waals surface area (Å²) in [5.41, 5.74) is 3.10. The molecule has 0 saturated carbocycles. The van der Waals surface area contributed by atoms with E-state index in [9.17, 15) is 0 Å². The molecule has 0 unspecified atom stereocenters. The number of aromatic nitrogens is 2. The summed E-state index contributed by atoms with van der Waals surface area (Å²) in [6.07, 6.45) is 2.07. The van der Waals surface area contributed by atoms with Crippen LogP contribution in [0.3, 0.4) is 0 Å². The number of H-pyrrole nitrogens is 1. The standard InChI is InChI=1S/C15H17N3OS/c1-10-17-14-6-3-11(7-15(14)18-10)16-8-12-4-5-13(19-12)9-20-2/h3-7,16H,8-9H2,1-2H3,(H,17,18). The van der Waals surface area contributed by atoms with Crippen molar-refractivity contribution in [3.63, 3.8) is 0 Å². The number of anilines is 1. The third kappa shape index (κ3) is 2.82. The van der Waals surface area contributed by atoms with Crippen LogP contribution in [0.1, 0.15) is 17.3 Å². The van der Waals surface area contributed by atoms with E-state index in [1.54, 1.807) is 11.8 Å². The average Bonchev–Trinajstić information content (AvgIpc) is 3.01. The molecular weight excluding hydrogens is 270 g/mol. The van der Waals surface area contributed by atoms with E-state index in [4.69, 9.17) is 4.42 Å². The number of aryl methyl sites for hydroxylation is 1. The third-order valence-electron chi connectivity index (χ3n) is 3.07. The smallest absolute Gasteiger partial charge is 0.123 e. The Morgan fingerprint density at radius 1 is 1.25 bits per heavy atom. The maximum Gasteiger partial charge on any atom is 0.123 e. The minimum atomic E-state index is 0.688. The molecule has 0 saturated heterocycles. The summed E-state index contributed by atoms with van der Waals surface area (Å²) >= 11 is 1.76. The van der Waals surface area contributed by atoms with Crippen LogP contribution in [-0.2, 0) is 12.3 Å². The van der Waals surface area contributed by atoms with Gasteiger partial charge in [0.15, 0.2) is 0 Å². The van der Waals surface area contributed by atoms with Gasteiger partial charge in [-0.3, -0.25) is 0 Å². The Hall–Kier alpha value is -1.88. The molecule has 0 bridgehead atoms. The Balaban J connectivity index is 1.69. The topological polar surface area (TPSA) is 53.9 Å². The molecule has 0 spiro atoms. The molecule has 0 fully saturated rings. The van der Waals surface area contributed by atoms with Crippen LogP contribution in [0, 0.1) is 6.92 Å². The largest absolute Gasteiger partial charge is 0.463 e. The van der Waals surface area contributed by atoms with Crippen LogP contribution in [0.2, 0.25) is 0 Å². The van der Waals surface area contributed by atoms with Crippen molar-refractivity contribution in [3.8, 4) is 0 Å². The van der Waals surface area contributed by atoms with Crippen LogP contribution in [0.15, 0.2) is 34.7 Å². The molecule has 0 radical (unpaired) electrons. The van der Waals surface area contributed by atoms with Crippen molar-refractivity contribution in [2.24, 2.45) is 0 Å². The molecule has 2 N–H and O–H groups in total. The number of hydrogen-bond donors (Lipinski definition) is 2. The molecule has 0 aliphatic heterocycles. The first-order valence-electron chi connectivity index (χ1n) is 6.51. The van der Waals surface area contributed by atoms with Crippen LogP contribution in [-0.4, -0.2) is 16.2 Å². The van der Waals surface area contributed by atoms with Gasteiger partial charge >= 0.3 is 0 Å². The zero-order valence-corrected chi connectivity index (χ0v) is 12.4. The van der Waals surface area contributed by atoms with Gasteiger partial charge in [0, 0.05) is 5.69 Å². The fourth-order valence-electron chi connectivity index (χ4n) is 2.17. The SMILES string of the molecule is CSCc1ccc(CNc2ccc3nc(C)[nH]c3c2)o1. The van der Waals surface area contributed by atoms with Gasteiger partial charge < -0.3 is 14.7 Å². The third-order valence-corrected chi connectivity index (χ3v) is 3.64. The van der Waals surface area contributed by atoms with Gasteiger partial charge in [0.2, 0.25) is 0 Å². The van der Waals surface area contributed by atoms with Gasteiger partial charge in [0.05, 0.1) is 23.3 Å². The van der Waals surface area contributed by atoms with E-state index in [2.05, 4.69) is 27.6 Å². The highest BCUT2D eigenvalue weighted by atomic mass is 32.2. The normalized spacial score (nSPS) is 11.1. The lowest BCUT2D eigenvalue weighted by atomic mass is 10.2. The van der Waals surface area contributed by atoms with Crippen LogP contribution in [0.25, 0.3) is 11.0 Å². The van der Waals surface area contributed by atoms with E-state index in [-0.39, 0.29) is 0 Å². The zero-order chi connectivity index (χ0) is 13.9. The molecule has 3 rings (SSSR count). The van der Waals surface area contributed by atoms with E-state index in [1.165, 1.54) is 0 Å². The van der Waals surface area contributed by atoms with Gasteiger partial charge in [-0.25, -0.2) is 4.98 Å². The Bertz CT molecular complexity index is 717. The number of benzene rings is 1. The second-order valence-electron chi connectivity index (χ2n) is 4.71. The van der Waals surface area contributed by atoms with E-state index >= 15 is 0 Å². The van der Waals surface area contributed by atoms with Crippen molar-refractivity contribution in [2.75, 3.05) is 11.6 Å². The van der Waals surface area contributed by atoms with E-state index in [0.717, 1.165) is 39.8 Å². The second-order valence-corrected chi connectivity index (χ2v) is 5.57. The van der Waals surface area contributed by atoms with Crippen molar-refractivity contribution < 1.29 is 4.42 Å². The fraction of sp³-hybridized carbons (Fsp3) is 0.267. The number of nitrogens with one attached hydrogen (secondary N) is 2. The highest BCUT2D eigenvalue weighted by Gasteiger charge is 2.03. The minimum absolute atomic E-state index is 0.688. The summed E-state index contributed by atoms with van der Waals surface area (Å²) in [6, 6.07) is 10.2. The second kappa shape index (κ2) is 5.63. The molecular formula is C15H17N3OS. The Morgan fingerprint density at radius 3 is 2.95 bits per heavy atom. The first-order valence-corrected chi connectivity index (χ1v) is 7.91. The number of fused-ring (bicyclic) bond motifs is 1. The van der Waals surface area contributed by atoms with E-state index in [0.29, 0.717) is 6.54 Å². The predicted octanol–water partition coefficient (Wildman–Crippen LogP) is 3.94. The van der Waals surface area contributed by atoms with Crippen LogP contribution >= 0.6 is 11.8 Å². The molecule has 2 aromatic heterocycles. The molecule has 0 atom stereocenters. The number of imidazole rings is 1. The summed E-state index contributed by atoms with van der Waals surface area (Å²) in [5.74, 6) is 3.83. The molecule has 0 aliphatic rings. The lowest BCUT2D eigenvalue weighted by Crippen LogP contribution is -1.97. The summed E-state index contributed by atoms with van der Waals surface area (Å²) in [6.45, 7) is 2.65. The fourth-order valence-corrected chi connectivity index (χ4v) is 2.61. The average molecular weight is 287 g/mol. The number of hydrogen-bond acceptors (Lipinski definition) is 4. The number of thioether (sulfide) groups is 1. The number of rotatable bonds is 5. The summed E-state index contributed by atoms with van der Waals surface area (Å²) in [5, 5.41) is 3.37. The summed E-state index contributed by atoms with van der Waals surface area (Å²) in [4.78, 5) is 7.63. The van der Waals surface area contributed by atoms with Crippen LogP contribution in [0.5, 0.6) is 0 Å². The molecule has 5 heteroatoms. The van der Waals surface area contributed by atoms with E-state index in [1.807, 2.05) is 31.2 Å². The molecule has 2 heterocycles. The summed E-state index contributed by atoms with van der Waals surface area (Å²) in [7, 11) is 0. The van der Waals surface area contributed by atoms with Gasteiger partial charge in [-0.1, -0.05) is 0 Å². The first-order chi connectivity index (χ1) is 9.74. The maximum absolute atomic E-state index is 5.73. The van der Waals surface area contributed by atoms with Crippen molar-refractivity contribution in [1.82, 2.24) is 9.97 Å². The predicted molar refractivity (Wildman–Crippen MR) is 84.1 cm³/mol. The van der Waals surface area contributed by atoms with Gasteiger partial charge in [-0.15, -0.1) is 0 Å². The van der Waals surface area contributed by atoms with Gasteiger partial charge in [-0.2, -0.15) is 11.8 Å². The molecule has 0 amide bonds. The van der Waals surface area contributed by atoms with Gasteiger partial charge in [0.25, 0.3) is 0 Å². The van der Waals surface area contributed by atoms with Crippen molar-refractivity contribution in [3.05, 3.63) is 47.7 Å².